The molecular weight excluding hydrogens is 226 g/mol. The van der Waals surface area contributed by atoms with Gasteiger partial charge in [-0.2, -0.15) is 5.26 Å². The molecule has 0 aliphatic rings. The number of anilines is 1. The summed E-state index contributed by atoms with van der Waals surface area (Å²) >= 11 is 0. The number of nitrogens with zero attached hydrogens (tertiary/aromatic N) is 1. The van der Waals surface area contributed by atoms with E-state index in [1.165, 1.54) is 0 Å². The Labute approximate surface area is 109 Å². The van der Waals surface area contributed by atoms with Gasteiger partial charge < -0.3 is 10.2 Å². The minimum Gasteiger partial charge on any atom is -0.379 e. The largest absolute Gasteiger partial charge is 0.379 e. The first-order valence-electron chi connectivity index (χ1n) is 5.95. The van der Waals surface area contributed by atoms with Crippen LogP contribution >= 0.6 is 0 Å². The molecule has 0 saturated heterocycles. The lowest BCUT2D eigenvalue weighted by Gasteiger charge is -2.32. The lowest BCUT2D eigenvalue weighted by atomic mass is 9.89. The lowest BCUT2D eigenvalue weighted by molar-refractivity contribution is 0.00198. The average molecular weight is 247 g/mol. The maximum atomic E-state index is 9.31. The van der Waals surface area contributed by atoms with Crippen LogP contribution in [0.15, 0.2) is 30.3 Å². The first kappa shape index (κ1) is 14.5. The predicted molar refractivity (Wildman–Crippen MR) is 72.9 cm³/mol. The van der Waals surface area contributed by atoms with Crippen molar-refractivity contribution in [1.29, 1.82) is 5.26 Å². The van der Waals surface area contributed by atoms with Gasteiger partial charge in [0.1, 0.15) is 5.54 Å². The number of rotatable bonds is 6. The smallest absolute Gasteiger partial charge is 0.123 e. The Morgan fingerprint density at radius 1 is 1.22 bits per heavy atom. The van der Waals surface area contributed by atoms with Gasteiger partial charge in [-0.05, 0) is 32.9 Å². The third kappa shape index (κ3) is 4.36. The van der Waals surface area contributed by atoms with Crippen LogP contribution in [0.4, 0.5) is 5.69 Å². The number of hydrazine groups is 1. The Hall–Kier alpha value is -1.57. The van der Waals surface area contributed by atoms with Crippen LogP contribution in [0.5, 0.6) is 0 Å². The first-order valence-corrected chi connectivity index (χ1v) is 5.95. The van der Waals surface area contributed by atoms with Crippen LogP contribution in [0.3, 0.4) is 0 Å². The molecule has 1 atom stereocenters. The van der Waals surface area contributed by atoms with Crippen molar-refractivity contribution < 1.29 is 4.74 Å². The van der Waals surface area contributed by atoms with Crippen LogP contribution in [0.1, 0.15) is 27.2 Å². The van der Waals surface area contributed by atoms with E-state index >= 15 is 0 Å². The highest BCUT2D eigenvalue weighted by atomic mass is 16.5. The van der Waals surface area contributed by atoms with E-state index in [0.717, 1.165) is 5.69 Å². The molecule has 98 valence electrons. The van der Waals surface area contributed by atoms with Crippen molar-refractivity contribution in [2.75, 3.05) is 12.5 Å². The molecule has 0 spiro atoms. The van der Waals surface area contributed by atoms with Crippen LogP contribution in [-0.4, -0.2) is 18.2 Å². The highest BCUT2D eigenvalue weighted by Gasteiger charge is 2.32. The maximum Gasteiger partial charge on any atom is 0.123 e. The summed E-state index contributed by atoms with van der Waals surface area (Å²) < 4.78 is 5.37. The van der Waals surface area contributed by atoms with Gasteiger partial charge in [0, 0.05) is 19.2 Å². The number of methoxy groups -OCH3 is 1. The quantitative estimate of drug-likeness (QED) is 0.759. The van der Waals surface area contributed by atoms with Gasteiger partial charge in [-0.1, -0.05) is 18.2 Å². The van der Waals surface area contributed by atoms with E-state index < -0.39 is 5.54 Å². The average Bonchev–Trinajstić information content (AvgIpc) is 2.37. The second-order valence-electron chi connectivity index (χ2n) is 5.20. The van der Waals surface area contributed by atoms with Gasteiger partial charge in [0.05, 0.1) is 11.7 Å². The van der Waals surface area contributed by atoms with E-state index in [1.54, 1.807) is 7.11 Å². The monoisotopic (exact) mass is 247 g/mol. The Balaban J connectivity index is 2.64. The molecule has 4 nitrogen and oxygen atoms in total. The van der Waals surface area contributed by atoms with E-state index in [1.807, 2.05) is 51.1 Å². The van der Waals surface area contributed by atoms with Gasteiger partial charge in [-0.15, -0.1) is 0 Å². The molecular formula is C14H21N3O. The molecule has 1 aromatic carbocycles. The number of ether oxygens (including phenoxy) is 1. The molecule has 1 unspecified atom stereocenters. The topological polar surface area (TPSA) is 57.1 Å². The van der Waals surface area contributed by atoms with Gasteiger partial charge in [-0.25, -0.2) is 5.43 Å². The van der Waals surface area contributed by atoms with Gasteiger partial charge in [0.15, 0.2) is 0 Å². The van der Waals surface area contributed by atoms with Gasteiger partial charge in [0.25, 0.3) is 0 Å². The Morgan fingerprint density at radius 2 is 1.83 bits per heavy atom. The molecule has 0 radical (unpaired) electrons. The normalized spacial score (nSPS) is 14.6. The summed E-state index contributed by atoms with van der Waals surface area (Å²) in [5.41, 5.74) is 5.99. The molecule has 0 amide bonds. The summed E-state index contributed by atoms with van der Waals surface area (Å²) in [6.07, 6.45) is 0.576. The summed E-state index contributed by atoms with van der Waals surface area (Å²) in [6.45, 7) is 5.78. The molecule has 2 N–H and O–H groups in total. The van der Waals surface area contributed by atoms with E-state index in [-0.39, 0.29) is 5.60 Å². The summed E-state index contributed by atoms with van der Waals surface area (Å²) in [6, 6.07) is 12.0. The van der Waals surface area contributed by atoms with Crippen LogP contribution in [0, 0.1) is 11.3 Å². The number of nitriles is 1. The Morgan fingerprint density at radius 3 is 2.33 bits per heavy atom. The van der Waals surface area contributed by atoms with E-state index in [0.29, 0.717) is 6.42 Å². The summed E-state index contributed by atoms with van der Waals surface area (Å²) in [7, 11) is 1.66. The summed E-state index contributed by atoms with van der Waals surface area (Å²) in [5.74, 6) is 0. The molecule has 0 bridgehead atoms. The van der Waals surface area contributed by atoms with Crippen molar-refractivity contribution >= 4 is 5.69 Å². The second-order valence-corrected chi connectivity index (χ2v) is 5.20. The fourth-order valence-corrected chi connectivity index (χ4v) is 1.77. The van der Waals surface area contributed by atoms with E-state index in [9.17, 15) is 5.26 Å². The second kappa shape index (κ2) is 5.85. The van der Waals surface area contributed by atoms with Crippen LogP contribution in [0.25, 0.3) is 0 Å². The molecule has 1 aromatic rings. The molecule has 0 fully saturated rings. The Kier molecular flexibility index (Phi) is 4.71. The first-order chi connectivity index (χ1) is 8.41. The zero-order valence-electron chi connectivity index (χ0n) is 11.4. The molecule has 1 rings (SSSR count). The lowest BCUT2D eigenvalue weighted by Crippen LogP contribution is -2.49. The predicted octanol–water partition coefficient (Wildman–Crippen LogP) is 2.70. The fraction of sp³-hybridized carbons (Fsp3) is 0.500. The number of para-hydroxylation sites is 1. The van der Waals surface area contributed by atoms with Crippen molar-refractivity contribution in [3.63, 3.8) is 0 Å². The third-order valence-corrected chi connectivity index (χ3v) is 2.84. The number of hydrogen-bond donors (Lipinski definition) is 2. The maximum absolute atomic E-state index is 9.31. The molecule has 0 saturated carbocycles. The van der Waals surface area contributed by atoms with Gasteiger partial charge in [0.2, 0.25) is 0 Å². The van der Waals surface area contributed by atoms with Crippen LogP contribution in [0.2, 0.25) is 0 Å². The number of nitrogens with one attached hydrogen (secondary N) is 2. The van der Waals surface area contributed by atoms with Crippen molar-refractivity contribution in [2.24, 2.45) is 0 Å². The standard InChI is InChI=1S/C14H21N3O/c1-13(2,18-4)10-14(3,11-15)17-16-12-8-6-5-7-9-12/h5-9,16-17H,10H2,1-4H3. The number of hydrogen-bond acceptors (Lipinski definition) is 4. The van der Waals surface area contributed by atoms with Gasteiger partial charge in [-0.3, -0.25) is 0 Å². The molecule has 0 heterocycles. The van der Waals surface area contributed by atoms with Crippen LogP contribution in [-0.2, 0) is 4.74 Å². The highest BCUT2D eigenvalue weighted by Crippen LogP contribution is 2.22. The number of benzene rings is 1. The highest BCUT2D eigenvalue weighted by molar-refractivity contribution is 5.41. The van der Waals surface area contributed by atoms with Crippen molar-refractivity contribution in [3.05, 3.63) is 30.3 Å². The zero-order valence-corrected chi connectivity index (χ0v) is 11.4. The minimum atomic E-state index is -0.699. The molecule has 4 heteroatoms. The summed E-state index contributed by atoms with van der Waals surface area (Å²) in [5, 5.41) is 9.31. The summed E-state index contributed by atoms with van der Waals surface area (Å²) in [4.78, 5) is 0. The minimum absolute atomic E-state index is 0.351. The third-order valence-electron chi connectivity index (χ3n) is 2.84. The van der Waals surface area contributed by atoms with Crippen molar-refractivity contribution in [3.8, 4) is 6.07 Å². The van der Waals surface area contributed by atoms with Gasteiger partial charge >= 0.3 is 0 Å². The van der Waals surface area contributed by atoms with Crippen molar-refractivity contribution in [1.82, 2.24) is 5.43 Å². The molecule has 0 aliphatic heterocycles. The molecule has 0 aromatic heterocycles. The SMILES string of the molecule is COC(C)(C)CC(C)(C#N)NNc1ccccc1. The molecule has 0 aliphatic carbocycles. The van der Waals surface area contributed by atoms with Crippen LogP contribution < -0.4 is 10.9 Å². The fourth-order valence-electron chi connectivity index (χ4n) is 1.77. The van der Waals surface area contributed by atoms with Crippen molar-refractivity contribution in [2.45, 2.75) is 38.3 Å². The zero-order chi connectivity index (χ0) is 13.6. The van der Waals surface area contributed by atoms with E-state index in [2.05, 4.69) is 16.9 Å². The van der Waals surface area contributed by atoms with E-state index in [4.69, 9.17) is 4.74 Å². The Bertz CT molecular complexity index is 411. The molecule has 18 heavy (non-hydrogen) atoms.